The molecule has 158 valence electrons. The molecular formula is C25H19ClN4O2. The van der Waals surface area contributed by atoms with E-state index in [1.807, 2.05) is 32.0 Å². The minimum absolute atomic E-state index is 0.150. The lowest BCUT2D eigenvalue weighted by Gasteiger charge is -2.17. The average Bonchev–Trinajstić information content (AvgIpc) is 2.78. The third-order valence-corrected chi connectivity index (χ3v) is 5.31. The third-order valence-electron chi connectivity index (χ3n) is 5.06. The monoisotopic (exact) mass is 442 g/mol. The Bertz CT molecular complexity index is 1550. The Morgan fingerprint density at radius 1 is 1.16 bits per heavy atom. The molecular weight excluding hydrogens is 424 g/mol. The van der Waals surface area contributed by atoms with E-state index < -0.39 is 5.91 Å². The van der Waals surface area contributed by atoms with Crippen molar-refractivity contribution in [3.05, 3.63) is 98.9 Å². The van der Waals surface area contributed by atoms with E-state index >= 15 is 0 Å². The molecule has 0 unspecified atom stereocenters. The first-order chi connectivity index (χ1) is 15.4. The van der Waals surface area contributed by atoms with Gasteiger partial charge >= 0.3 is 0 Å². The van der Waals surface area contributed by atoms with Crippen LogP contribution < -0.4 is 11.0 Å². The van der Waals surface area contributed by atoms with Gasteiger partial charge < -0.3 is 4.57 Å². The SMILES string of the molecule is CC(C)n1c(=NC(=O)C=Cc2ccc(Cl)cc2)c(C#N)cc2c(=O)n3ccccc3cc21. The summed E-state index contributed by atoms with van der Waals surface area (Å²) in [5.41, 5.74) is 2.28. The third kappa shape index (κ3) is 3.98. The zero-order chi connectivity index (χ0) is 22.8. The van der Waals surface area contributed by atoms with E-state index in [0.29, 0.717) is 21.4 Å². The second kappa shape index (κ2) is 8.66. The minimum Gasteiger partial charge on any atom is -0.322 e. The Morgan fingerprint density at radius 2 is 1.91 bits per heavy atom. The summed E-state index contributed by atoms with van der Waals surface area (Å²) in [7, 11) is 0. The van der Waals surface area contributed by atoms with Crippen LogP contribution in [0.5, 0.6) is 0 Å². The average molecular weight is 443 g/mol. The Hall–Kier alpha value is -3.95. The molecule has 0 N–H and O–H groups in total. The molecule has 0 aliphatic carbocycles. The lowest BCUT2D eigenvalue weighted by atomic mass is 10.1. The quantitative estimate of drug-likeness (QED) is 0.346. The first-order valence-corrected chi connectivity index (χ1v) is 10.4. The molecule has 0 spiro atoms. The maximum Gasteiger partial charge on any atom is 0.271 e. The van der Waals surface area contributed by atoms with Crippen molar-refractivity contribution in [2.45, 2.75) is 19.9 Å². The number of fused-ring (bicyclic) bond motifs is 2. The number of carbonyl (C=O) groups excluding carboxylic acids is 1. The summed E-state index contributed by atoms with van der Waals surface area (Å²) < 4.78 is 3.29. The number of pyridine rings is 3. The molecule has 1 aromatic carbocycles. The standard InChI is InChI=1S/C25H19ClN4O2/c1-16(2)30-22-14-20-5-3-4-12-29(20)25(32)21(22)13-18(15-27)24(30)28-23(31)11-8-17-6-9-19(26)10-7-17/h3-14,16H,1-2H3. The van der Waals surface area contributed by atoms with Crippen molar-refractivity contribution >= 4 is 40.0 Å². The van der Waals surface area contributed by atoms with E-state index in [4.69, 9.17) is 11.6 Å². The Labute approximate surface area is 189 Å². The normalized spacial score (nSPS) is 12.2. The number of benzene rings is 1. The second-order valence-corrected chi connectivity index (χ2v) is 7.97. The van der Waals surface area contributed by atoms with Crippen molar-refractivity contribution in [2.75, 3.05) is 0 Å². The minimum atomic E-state index is -0.511. The van der Waals surface area contributed by atoms with Crippen molar-refractivity contribution in [1.29, 1.82) is 5.26 Å². The molecule has 0 aliphatic heterocycles. The van der Waals surface area contributed by atoms with Crippen LogP contribution in [0.1, 0.15) is 31.0 Å². The van der Waals surface area contributed by atoms with Gasteiger partial charge in [-0.1, -0.05) is 29.8 Å². The van der Waals surface area contributed by atoms with Crippen LogP contribution in [0.3, 0.4) is 0 Å². The number of hydrogen-bond acceptors (Lipinski definition) is 3. The molecule has 3 aromatic heterocycles. The summed E-state index contributed by atoms with van der Waals surface area (Å²) in [6.07, 6.45) is 4.66. The Balaban J connectivity index is 1.95. The summed E-state index contributed by atoms with van der Waals surface area (Å²) in [4.78, 5) is 29.9. The first-order valence-electron chi connectivity index (χ1n) is 10.0. The number of rotatable bonds is 3. The highest BCUT2D eigenvalue weighted by molar-refractivity contribution is 6.30. The van der Waals surface area contributed by atoms with E-state index in [0.717, 1.165) is 5.56 Å². The smallest absolute Gasteiger partial charge is 0.271 e. The number of carbonyl (C=O) groups is 1. The van der Waals surface area contributed by atoms with E-state index in [-0.39, 0.29) is 22.7 Å². The van der Waals surface area contributed by atoms with Crippen LogP contribution in [-0.2, 0) is 4.79 Å². The van der Waals surface area contributed by atoms with E-state index in [1.54, 1.807) is 47.2 Å². The van der Waals surface area contributed by atoms with Crippen LogP contribution >= 0.6 is 11.6 Å². The molecule has 4 aromatic rings. The maximum absolute atomic E-state index is 13.1. The van der Waals surface area contributed by atoms with E-state index in [2.05, 4.69) is 11.1 Å². The van der Waals surface area contributed by atoms with Crippen LogP contribution in [0.2, 0.25) is 5.02 Å². The Kier molecular flexibility index (Phi) is 5.76. The summed E-state index contributed by atoms with van der Waals surface area (Å²) in [5.74, 6) is -0.511. The number of amides is 1. The van der Waals surface area contributed by atoms with Crippen LogP contribution in [0.15, 0.2) is 76.7 Å². The molecule has 0 saturated carbocycles. The van der Waals surface area contributed by atoms with E-state index in [9.17, 15) is 14.9 Å². The Morgan fingerprint density at radius 3 is 2.59 bits per heavy atom. The fourth-order valence-electron chi connectivity index (χ4n) is 3.61. The number of aromatic nitrogens is 2. The van der Waals surface area contributed by atoms with Gasteiger partial charge in [-0.05, 0) is 61.9 Å². The van der Waals surface area contributed by atoms with Gasteiger partial charge in [-0.15, -0.1) is 0 Å². The molecule has 0 saturated heterocycles. The highest BCUT2D eigenvalue weighted by Crippen LogP contribution is 2.17. The fourth-order valence-corrected chi connectivity index (χ4v) is 3.73. The van der Waals surface area contributed by atoms with Gasteiger partial charge in [0.15, 0.2) is 5.49 Å². The van der Waals surface area contributed by atoms with Crippen molar-refractivity contribution in [2.24, 2.45) is 4.99 Å². The highest BCUT2D eigenvalue weighted by Gasteiger charge is 2.15. The summed E-state index contributed by atoms with van der Waals surface area (Å²) >= 11 is 5.89. The van der Waals surface area contributed by atoms with Gasteiger partial charge in [-0.3, -0.25) is 14.0 Å². The molecule has 6 nitrogen and oxygen atoms in total. The fraction of sp³-hybridized carbons (Fsp3) is 0.120. The molecule has 7 heteroatoms. The van der Waals surface area contributed by atoms with Gasteiger partial charge in [0.1, 0.15) is 6.07 Å². The molecule has 0 radical (unpaired) electrons. The zero-order valence-electron chi connectivity index (χ0n) is 17.5. The molecule has 0 aliphatic rings. The number of nitriles is 1. The summed E-state index contributed by atoms with van der Waals surface area (Å²) in [5, 5.41) is 10.8. The number of halogens is 1. The van der Waals surface area contributed by atoms with Crippen LogP contribution in [-0.4, -0.2) is 14.9 Å². The second-order valence-electron chi connectivity index (χ2n) is 7.54. The van der Waals surface area contributed by atoms with Crippen molar-refractivity contribution < 1.29 is 4.79 Å². The van der Waals surface area contributed by atoms with Gasteiger partial charge in [0.25, 0.3) is 11.5 Å². The molecule has 0 bridgehead atoms. The zero-order valence-corrected chi connectivity index (χ0v) is 18.2. The predicted molar refractivity (Wildman–Crippen MR) is 125 cm³/mol. The summed E-state index contributed by atoms with van der Waals surface area (Å²) in [6.45, 7) is 3.83. The maximum atomic E-state index is 13.1. The number of hydrogen-bond donors (Lipinski definition) is 0. The van der Waals surface area contributed by atoms with Crippen molar-refractivity contribution in [3.63, 3.8) is 0 Å². The molecule has 0 fully saturated rings. The summed E-state index contributed by atoms with van der Waals surface area (Å²) in [6, 6.07) is 17.8. The number of nitrogens with zero attached hydrogens (tertiary/aromatic N) is 4. The topological polar surface area (TPSA) is 79.6 Å². The molecule has 4 rings (SSSR count). The van der Waals surface area contributed by atoms with E-state index in [1.165, 1.54) is 16.5 Å². The van der Waals surface area contributed by atoms with Gasteiger partial charge in [0, 0.05) is 23.3 Å². The lowest BCUT2D eigenvalue weighted by Crippen LogP contribution is -2.29. The first kappa shape index (κ1) is 21.3. The largest absolute Gasteiger partial charge is 0.322 e. The predicted octanol–water partition coefficient (Wildman–Crippen LogP) is 4.50. The lowest BCUT2D eigenvalue weighted by molar-refractivity contribution is -0.113. The molecule has 32 heavy (non-hydrogen) atoms. The highest BCUT2D eigenvalue weighted by atomic mass is 35.5. The van der Waals surface area contributed by atoms with Gasteiger partial charge in [0.2, 0.25) is 0 Å². The molecule has 1 amide bonds. The van der Waals surface area contributed by atoms with Crippen LogP contribution in [0.4, 0.5) is 0 Å². The van der Waals surface area contributed by atoms with Crippen LogP contribution in [0.25, 0.3) is 22.5 Å². The van der Waals surface area contributed by atoms with Gasteiger partial charge in [-0.25, -0.2) is 0 Å². The van der Waals surface area contributed by atoms with Gasteiger partial charge in [0.05, 0.1) is 22.0 Å². The molecule has 0 atom stereocenters. The van der Waals surface area contributed by atoms with Gasteiger partial charge in [-0.2, -0.15) is 10.3 Å². The molecule has 3 heterocycles. The van der Waals surface area contributed by atoms with Crippen molar-refractivity contribution in [3.8, 4) is 6.07 Å². The van der Waals surface area contributed by atoms with Crippen LogP contribution in [0, 0.1) is 11.3 Å². The van der Waals surface area contributed by atoms with Crippen molar-refractivity contribution in [1.82, 2.24) is 8.97 Å².